The van der Waals surface area contributed by atoms with E-state index in [1.165, 1.54) is 12.3 Å². The first-order valence-corrected chi connectivity index (χ1v) is 9.65. The molecule has 3 rings (SSSR count). The summed E-state index contributed by atoms with van der Waals surface area (Å²) in [5.41, 5.74) is 10.4. The van der Waals surface area contributed by atoms with E-state index >= 15 is 0 Å². The number of rotatable bonds is 12. The molecule has 1 aliphatic heterocycles. The number of hydrogen-bond donors (Lipinski definition) is 5. The zero-order chi connectivity index (χ0) is 23.8. The van der Waals surface area contributed by atoms with Crippen molar-refractivity contribution in [2.75, 3.05) is 25.1 Å². The van der Waals surface area contributed by atoms with Gasteiger partial charge in [0.1, 0.15) is 43.6 Å². The predicted octanol–water partition coefficient (Wildman–Crippen LogP) is 0.621. The van der Waals surface area contributed by atoms with Gasteiger partial charge in [-0.15, -0.1) is 6.58 Å². The molecule has 0 bridgehead atoms. The normalized spacial score (nSPS) is 13.5. The van der Waals surface area contributed by atoms with Gasteiger partial charge >= 0.3 is 5.69 Å². The van der Waals surface area contributed by atoms with Crippen molar-refractivity contribution in [2.45, 2.75) is 18.9 Å². The van der Waals surface area contributed by atoms with E-state index in [9.17, 15) is 4.79 Å². The van der Waals surface area contributed by atoms with Crippen molar-refractivity contribution < 1.29 is 34.5 Å². The lowest BCUT2D eigenvalue weighted by Gasteiger charge is -2.24. The van der Waals surface area contributed by atoms with Crippen LogP contribution in [0.15, 0.2) is 46.8 Å². The largest absolute Gasteiger partial charge is 0.489 e. The highest BCUT2D eigenvalue weighted by Crippen LogP contribution is 2.44. The fourth-order valence-electron chi connectivity index (χ4n) is 2.89. The minimum atomic E-state index is -1.01. The molecule has 0 aliphatic carbocycles. The number of hydrogen-bond acceptors (Lipinski definition) is 11. The van der Waals surface area contributed by atoms with E-state index in [0.717, 1.165) is 4.57 Å². The van der Waals surface area contributed by atoms with Crippen molar-refractivity contribution in [2.24, 2.45) is 16.5 Å². The minimum Gasteiger partial charge on any atom is -0.489 e. The van der Waals surface area contributed by atoms with Gasteiger partial charge in [-0.3, -0.25) is 20.1 Å². The van der Waals surface area contributed by atoms with Gasteiger partial charge in [0.25, 0.3) is 0 Å². The van der Waals surface area contributed by atoms with Gasteiger partial charge in [-0.1, -0.05) is 12.1 Å². The van der Waals surface area contributed by atoms with Crippen molar-refractivity contribution in [1.82, 2.24) is 9.55 Å². The summed E-state index contributed by atoms with van der Waals surface area (Å²) in [6.45, 7) is 3.33. The third kappa shape index (κ3) is 5.97. The van der Waals surface area contributed by atoms with E-state index in [2.05, 4.69) is 31.6 Å². The van der Waals surface area contributed by atoms with Crippen molar-refractivity contribution >= 4 is 17.5 Å². The first-order valence-electron chi connectivity index (χ1n) is 9.65. The molecule has 2 atom stereocenters. The molecule has 178 valence electrons. The van der Waals surface area contributed by atoms with Crippen LogP contribution >= 0.6 is 0 Å². The number of guanidine groups is 1. The van der Waals surface area contributed by atoms with Gasteiger partial charge in [0, 0.05) is 0 Å². The van der Waals surface area contributed by atoms with Gasteiger partial charge in [-0.05, 0) is 12.1 Å². The number of nitrogens with one attached hydrogen (secondary N) is 1. The van der Waals surface area contributed by atoms with Crippen LogP contribution in [0.2, 0.25) is 0 Å². The predicted molar refractivity (Wildman–Crippen MR) is 116 cm³/mol. The lowest BCUT2D eigenvalue weighted by atomic mass is 10.2. The van der Waals surface area contributed by atoms with E-state index in [0.29, 0.717) is 17.2 Å². The second kappa shape index (κ2) is 11.3. The number of para-hydroxylation sites is 1. The number of nitrogens with zero attached hydrogens (tertiary/aromatic N) is 3. The SMILES string of the molecule is C=CC(OO)[C@@H](COO)OCn1cc2c(nc1=O)Nc1c(OCCN=C(N)N)cccc1O2. The molecule has 0 saturated heterocycles. The highest BCUT2D eigenvalue weighted by Gasteiger charge is 2.25. The molecule has 1 aromatic heterocycles. The molecule has 1 unspecified atom stereocenters. The molecule has 2 heterocycles. The fourth-order valence-corrected chi connectivity index (χ4v) is 2.89. The second-order valence-electron chi connectivity index (χ2n) is 6.65. The third-order valence-electron chi connectivity index (χ3n) is 4.44. The van der Waals surface area contributed by atoms with Crippen molar-refractivity contribution in [3.05, 3.63) is 47.5 Å². The molecule has 2 aromatic rings. The zero-order valence-corrected chi connectivity index (χ0v) is 17.4. The van der Waals surface area contributed by atoms with Crippen molar-refractivity contribution in [1.29, 1.82) is 0 Å². The first kappa shape index (κ1) is 24.0. The zero-order valence-electron chi connectivity index (χ0n) is 17.4. The average molecular weight is 464 g/mol. The lowest BCUT2D eigenvalue weighted by Crippen LogP contribution is -2.36. The van der Waals surface area contributed by atoms with Crippen LogP contribution in [0, 0.1) is 0 Å². The van der Waals surface area contributed by atoms with Gasteiger partial charge in [0.05, 0.1) is 12.7 Å². The summed E-state index contributed by atoms with van der Waals surface area (Å²) in [4.78, 5) is 28.6. The molecule has 1 aromatic carbocycles. The quantitative estimate of drug-likeness (QED) is 0.0626. The number of fused-ring (bicyclic) bond motifs is 2. The Balaban J connectivity index is 1.74. The molecule has 33 heavy (non-hydrogen) atoms. The maximum absolute atomic E-state index is 12.5. The van der Waals surface area contributed by atoms with E-state index in [1.54, 1.807) is 18.2 Å². The highest BCUT2D eigenvalue weighted by molar-refractivity contribution is 5.77. The van der Waals surface area contributed by atoms with Crippen LogP contribution in [-0.4, -0.2) is 58.0 Å². The molecule has 0 spiro atoms. The van der Waals surface area contributed by atoms with Gasteiger partial charge in [0.15, 0.2) is 23.3 Å². The van der Waals surface area contributed by atoms with Crippen LogP contribution in [0.5, 0.6) is 17.2 Å². The van der Waals surface area contributed by atoms with Crippen molar-refractivity contribution in [3.63, 3.8) is 0 Å². The summed E-state index contributed by atoms with van der Waals surface area (Å²) in [5.74, 6) is 1.32. The Labute approximate surface area is 187 Å². The molecule has 1 aliphatic rings. The van der Waals surface area contributed by atoms with Crippen LogP contribution in [0.3, 0.4) is 0 Å². The number of ether oxygens (including phenoxy) is 3. The van der Waals surface area contributed by atoms with Crippen LogP contribution in [-0.2, 0) is 21.2 Å². The van der Waals surface area contributed by atoms with Crippen LogP contribution < -0.4 is 31.9 Å². The molecule has 0 radical (unpaired) electrons. The molecule has 14 heteroatoms. The minimum absolute atomic E-state index is 0.0346. The van der Waals surface area contributed by atoms with Gasteiger partial charge < -0.3 is 31.0 Å². The first-order chi connectivity index (χ1) is 16.0. The number of benzene rings is 1. The van der Waals surface area contributed by atoms with Crippen LogP contribution in [0.4, 0.5) is 11.5 Å². The Morgan fingerprint density at radius 2 is 2.18 bits per heavy atom. The Hall–Kier alpha value is -3.69. The number of nitrogens with two attached hydrogens (primary N) is 2. The second-order valence-corrected chi connectivity index (χ2v) is 6.65. The molecule has 0 amide bonds. The standard InChI is InChI=1S/C19H24N6O8/c1-2-11(33-28)15(9-31-27)30-10-25-8-14-17(24-19(25)26)23-16-12(4-3-5-13(16)32-14)29-7-6-22-18(20)21/h2-5,8,11,15,27-28H,1,6-7,9-10H2,(H4,20,21,22)(H,23,24,26)/t11?,15-/m1/s1. The van der Waals surface area contributed by atoms with E-state index in [4.69, 9.17) is 36.2 Å². The van der Waals surface area contributed by atoms with E-state index in [1.807, 2.05) is 0 Å². The number of aliphatic imine (C=N–C) groups is 1. The third-order valence-corrected chi connectivity index (χ3v) is 4.44. The Bertz CT molecular complexity index is 1060. The Morgan fingerprint density at radius 1 is 1.36 bits per heavy atom. The fraction of sp³-hybridized carbons (Fsp3) is 0.316. The van der Waals surface area contributed by atoms with E-state index < -0.39 is 17.9 Å². The molecular weight excluding hydrogens is 440 g/mol. The van der Waals surface area contributed by atoms with Gasteiger partial charge in [-0.25, -0.2) is 14.6 Å². The molecule has 0 fully saturated rings. The summed E-state index contributed by atoms with van der Waals surface area (Å²) in [6, 6.07) is 5.16. The van der Waals surface area contributed by atoms with Gasteiger partial charge in [0.2, 0.25) is 0 Å². The summed E-state index contributed by atoms with van der Waals surface area (Å²) < 4.78 is 18.2. The maximum Gasteiger partial charge on any atom is 0.351 e. The summed E-state index contributed by atoms with van der Waals surface area (Å²) >= 11 is 0. The Kier molecular flexibility index (Phi) is 8.17. The summed E-state index contributed by atoms with van der Waals surface area (Å²) in [5, 5.41) is 20.7. The molecule has 0 saturated carbocycles. The average Bonchev–Trinajstić information content (AvgIpc) is 2.80. The van der Waals surface area contributed by atoms with Crippen LogP contribution in [0.1, 0.15) is 0 Å². The monoisotopic (exact) mass is 464 g/mol. The smallest absolute Gasteiger partial charge is 0.351 e. The number of anilines is 2. The topological polar surface area (TPSA) is 198 Å². The lowest BCUT2D eigenvalue weighted by molar-refractivity contribution is -0.315. The summed E-state index contributed by atoms with van der Waals surface area (Å²) in [7, 11) is 0. The highest BCUT2D eigenvalue weighted by atomic mass is 17.1. The Morgan fingerprint density at radius 3 is 2.88 bits per heavy atom. The summed E-state index contributed by atoms with van der Waals surface area (Å²) in [6.07, 6.45) is 0.679. The van der Waals surface area contributed by atoms with Gasteiger partial charge in [-0.2, -0.15) is 4.98 Å². The molecule has 14 nitrogen and oxygen atoms in total. The molecular formula is C19H24N6O8. The molecule has 7 N–H and O–H groups in total. The number of aromatic nitrogens is 2. The van der Waals surface area contributed by atoms with Crippen LogP contribution in [0.25, 0.3) is 0 Å². The maximum atomic E-state index is 12.5. The van der Waals surface area contributed by atoms with Crippen molar-refractivity contribution in [3.8, 4) is 17.2 Å². The van der Waals surface area contributed by atoms with E-state index in [-0.39, 0.29) is 44.0 Å².